The summed E-state index contributed by atoms with van der Waals surface area (Å²) < 4.78 is 92.1. The minimum absolute atomic E-state index is 1.60. The number of halogens is 5. The molecule has 0 spiro atoms. The van der Waals surface area contributed by atoms with Crippen molar-refractivity contribution in [3.63, 3.8) is 0 Å². The van der Waals surface area contributed by atoms with Crippen LogP contribution < -0.4 is 0 Å². The summed E-state index contributed by atoms with van der Waals surface area (Å²) in [5, 5.41) is 0. The highest BCUT2D eigenvalue weighted by Crippen LogP contribution is 2.24. The van der Waals surface area contributed by atoms with Gasteiger partial charge in [-0.3, -0.25) is 4.55 Å². The fourth-order valence-corrected chi connectivity index (χ4v) is 1.58. The van der Waals surface area contributed by atoms with Crippen molar-refractivity contribution in [1.29, 1.82) is 0 Å². The molecule has 0 aliphatic rings. The second-order valence-corrected chi connectivity index (χ2v) is 4.23. The van der Waals surface area contributed by atoms with E-state index < -0.39 is 50.5 Å². The Morgan fingerprint density at radius 3 is 1.44 bits per heavy atom. The van der Waals surface area contributed by atoms with Crippen molar-refractivity contribution in [1.82, 2.24) is 0 Å². The first-order valence-corrected chi connectivity index (χ1v) is 5.21. The van der Waals surface area contributed by atoms with Gasteiger partial charge in [0.25, 0.3) is 10.1 Å². The molecular weight excluding hydrogens is 259 g/mol. The van der Waals surface area contributed by atoms with E-state index in [1.807, 2.05) is 0 Å². The Hall–Kier alpha value is -1.22. The SMILES string of the molecule is O=S(=O)(O)Cc1c(F)c(F)c(F)c(F)c1F. The van der Waals surface area contributed by atoms with Crippen LogP contribution >= 0.6 is 0 Å². The molecule has 0 bridgehead atoms. The summed E-state index contributed by atoms with van der Waals surface area (Å²) >= 11 is 0. The quantitative estimate of drug-likeness (QED) is 0.382. The molecule has 3 nitrogen and oxygen atoms in total. The van der Waals surface area contributed by atoms with E-state index in [2.05, 4.69) is 0 Å². The van der Waals surface area contributed by atoms with Crippen LogP contribution in [0.2, 0.25) is 0 Å². The van der Waals surface area contributed by atoms with Gasteiger partial charge in [-0.05, 0) is 0 Å². The lowest BCUT2D eigenvalue weighted by Gasteiger charge is -2.06. The average Bonchev–Trinajstić information content (AvgIpc) is 2.17. The molecular formula is C7H3F5O3S. The first-order chi connectivity index (χ1) is 7.15. The van der Waals surface area contributed by atoms with Gasteiger partial charge < -0.3 is 0 Å². The Bertz CT molecular complexity index is 510. The van der Waals surface area contributed by atoms with Gasteiger partial charge in [0.05, 0.1) is 0 Å². The van der Waals surface area contributed by atoms with Gasteiger partial charge in [0, 0.05) is 5.56 Å². The Morgan fingerprint density at radius 1 is 0.812 bits per heavy atom. The molecule has 0 aliphatic carbocycles. The maximum absolute atomic E-state index is 12.8. The van der Waals surface area contributed by atoms with Crippen LogP contribution in [-0.2, 0) is 15.9 Å². The van der Waals surface area contributed by atoms with E-state index in [4.69, 9.17) is 4.55 Å². The van der Waals surface area contributed by atoms with Crippen LogP contribution in [0.25, 0.3) is 0 Å². The van der Waals surface area contributed by atoms with Crippen molar-refractivity contribution in [3.05, 3.63) is 34.6 Å². The smallest absolute Gasteiger partial charge is 0.269 e. The highest BCUT2D eigenvalue weighted by Gasteiger charge is 2.27. The molecule has 0 aliphatic heterocycles. The van der Waals surface area contributed by atoms with Crippen LogP contribution in [0.5, 0.6) is 0 Å². The summed E-state index contributed by atoms with van der Waals surface area (Å²) in [5.74, 6) is -13.2. The van der Waals surface area contributed by atoms with Gasteiger partial charge in [-0.25, -0.2) is 22.0 Å². The Morgan fingerprint density at radius 2 is 1.12 bits per heavy atom. The molecule has 1 aromatic rings. The molecule has 0 heterocycles. The van der Waals surface area contributed by atoms with E-state index in [1.54, 1.807) is 0 Å². The van der Waals surface area contributed by atoms with E-state index in [0.717, 1.165) is 0 Å². The number of rotatable bonds is 2. The molecule has 0 atom stereocenters. The predicted molar refractivity (Wildman–Crippen MR) is 41.5 cm³/mol. The summed E-state index contributed by atoms with van der Waals surface area (Å²) in [6.07, 6.45) is 0. The standard InChI is InChI=1S/C7H3F5O3S/c8-3-2(1-16(13,14)15)4(9)6(11)7(12)5(3)10/h1H2,(H,13,14,15). The van der Waals surface area contributed by atoms with Crippen LogP contribution in [0.15, 0.2) is 0 Å². The molecule has 1 aromatic carbocycles. The second-order valence-electron chi connectivity index (χ2n) is 2.77. The molecule has 0 amide bonds. The second kappa shape index (κ2) is 3.98. The molecule has 0 saturated heterocycles. The number of hydrogen-bond donors (Lipinski definition) is 1. The Kier molecular flexibility index (Phi) is 3.20. The van der Waals surface area contributed by atoms with Gasteiger partial charge in [-0.1, -0.05) is 0 Å². The molecule has 9 heteroatoms. The van der Waals surface area contributed by atoms with Crippen LogP contribution in [-0.4, -0.2) is 13.0 Å². The van der Waals surface area contributed by atoms with E-state index in [0.29, 0.717) is 0 Å². The first-order valence-electron chi connectivity index (χ1n) is 3.60. The molecule has 0 unspecified atom stereocenters. The highest BCUT2D eigenvalue weighted by atomic mass is 32.2. The van der Waals surface area contributed by atoms with Crippen LogP contribution in [0.1, 0.15) is 5.56 Å². The molecule has 16 heavy (non-hydrogen) atoms. The predicted octanol–water partition coefficient (Wildman–Crippen LogP) is 1.77. The van der Waals surface area contributed by atoms with Gasteiger partial charge in [-0.15, -0.1) is 0 Å². The van der Waals surface area contributed by atoms with Crippen LogP contribution in [0.3, 0.4) is 0 Å². The summed E-state index contributed by atoms with van der Waals surface area (Å²) in [6.45, 7) is 0. The van der Waals surface area contributed by atoms with Crippen LogP contribution in [0.4, 0.5) is 22.0 Å². The number of benzene rings is 1. The summed E-state index contributed by atoms with van der Waals surface area (Å²) in [7, 11) is -4.90. The third-order valence-corrected chi connectivity index (χ3v) is 2.28. The maximum atomic E-state index is 12.8. The number of hydrogen-bond acceptors (Lipinski definition) is 2. The molecule has 0 fully saturated rings. The van der Waals surface area contributed by atoms with Gasteiger partial charge in [-0.2, -0.15) is 8.42 Å². The van der Waals surface area contributed by atoms with E-state index >= 15 is 0 Å². The summed E-state index contributed by atoms with van der Waals surface area (Å²) in [4.78, 5) is 0. The lowest BCUT2D eigenvalue weighted by Crippen LogP contribution is -2.11. The molecule has 0 saturated carbocycles. The highest BCUT2D eigenvalue weighted by molar-refractivity contribution is 7.85. The van der Waals surface area contributed by atoms with Gasteiger partial charge in [0.1, 0.15) is 5.75 Å². The lowest BCUT2D eigenvalue weighted by molar-refractivity contribution is 0.371. The van der Waals surface area contributed by atoms with Crippen molar-refractivity contribution < 1.29 is 34.9 Å². The fourth-order valence-electron chi connectivity index (χ4n) is 0.959. The monoisotopic (exact) mass is 262 g/mol. The summed E-state index contributed by atoms with van der Waals surface area (Å²) in [5.41, 5.74) is -1.60. The normalized spacial score (nSPS) is 11.9. The molecule has 0 radical (unpaired) electrons. The van der Waals surface area contributed by atoms with Gasteiger partial charge in [0.15, 0.2) is 23.3 Å². The summed E-state index contributed by atoms with van der Waals surface area (Å²) in [6, 6.07) is 0. The minimum Gasteiger partial charge on any atom is -0.285 e. The zero-order valence-electron chi connectivity index (χ0n) is 7.27. The maximum Gasteiger partial charge on any atom is 0.269 e. The topological polar surface area (TPSA) is 54.4 Å². The van der Waals surface area contributed by atoms with Gasteiger partial charge in [0.2, 0.25) is 5.82 Å². The minimum atomic E-state index is -4.90. The van der Waals surface area contributed by atoms with E-state index in [1.165, 1.54) is 0 Å². The zero-order chi connectivity index (χ0) is 12.7. The lowest BCUT2D eigenvalue weighted by atomic mass is 10.2. The van der Waals surface area contributed by atoms with E-state index in [-0.39, 0.29) is 0 Å². The van der Waals surface area contributed by atoms with Gasteiger partial charge >= 0.3 is 0 Å². The van der Waals surface area contributed by atoms with Crippen molar-refractivity contribution in [2.45, 2.75) is 5.75 Å². The van der Waals surface area contributed by atoms with Crippen molar-refractivity contribution in [2.75, 3.05) is 0 Å². The van der Waals surface area contributed by atoms with Crippen molar-refractivity contribution in [3.8, 4) is 0 Å². The largest absolute Gasteiger partial charge is 0.285 e. The first kappa shape index (κ1) is 12.8. The fraction of sp³-hybridized carbons (Fsp3) is 0.143. The third kappa shape index (κ3) is 2.30. The Labute approximate surface area is 86.3 Å². The van der Waals surface area contributed by atoms with Crippen molar-refractivity contribution in [2.24, 2.45) is 0 Å². The Balaban J connectivity index is 3.52. The average molecular weight is 262 g/mol. The molecule has 1 rings (SSSR count). The molecule has 1 N–H and O–H groups in total. The van der Waals surface area contributed by atoms with Crippen molar-refractivity contribution >= 4 is 10.1 Å². The van der Waals surface area contributed by atoms with Crippen LogP contribution in [0, 0.1) is 29.1 Å². The molecule has 0 aromatic heterocycles. The molecule has 90 valence electrons. The zero-order valence-corrected chi connectivity index (χ0v) is 8.09. The third-order valence-electron chi connectivity index (χ3n) is 1.63. The van der Waals surface area contributed by atoms with E-state index in [9.17, 15) is 30.4 Å².